The van der Waals surface area contributed by atoms with Crippen molar-refractivity contribution in [3.63, 3.8) is 0 Å². The Labute approximate surface area is 112 Å². The average Bonchev–Trinajstić information content (AvgIpc) is 2.13. The Hall–Kier alpha value is -1.04. The highest BCUT2D eigenvalue weighted by molar-refractivity contribution is 9.10. The van der Waals surface area contributed by atoms with Gasteiger partial charge in [-0.1, -0.05) is 36.7 Å². The van der Waals surface area contributed by atoms with Gasteiger partial charge in [0.25, 0.3) is 0 Å². The number of alkyl halides is 3. The van der Waals surface area contributed by atoms with Gasteiger partial charge in [0.2, 0.25) is 5.91 Å². The maximum absolute atomic E-state index is 12.6. The van der Waals surface area contributed by atoms with Crippen molar-refractivity contribution < 1.29 is 18.0 Å². The first-order chi connectivity index (χ1) is 8.00. The van der Waals surface area contributed by atoms with Crippen LogP contribution in [-0.4, -0.2) is 5.91 Å². The lowest BCUT2D eigenvalue weighted by Crippen LogP contribution is -2.27. The Bertz CT molecular complexity index is 463. The molecule has 0 unspecified atom stereocenters. The molecular weight excluding hydrogens is 311 g/mol. The van der Waals surface area contributed by atoms with Gasteiger partial charge in [0.15, 0.2) is 0 Å². The molecule has 0 aliphatic heterocycles. The van der Waals surface area contributed by atoms with Crippen molar-refractivity contribution in [1.82, 2.24) is 0 Å². The summed E-state index contributed by atoms with van der Waals surface area (Å²) in [6.07, 6.45) is -4.44. The molecular formula is C12H13BrF3NO. The second-order valence-electron chi connectivity index (χ2n) is 4.93. The van der Waals surface area contributed by atoms with Crippen LogP contribution in [0.25, 0.3) is 0 Å². The zero-order valence-corrected chi connectivity index (χ0v) is 11.7. The highest BCUT2D eigenvalue weighted by Crippen LogP contribution is 2.33. The summed E-state index contributed by atoms with van der Waals surface area (Å²) in [5, 5.41) is 2.47. The molecule has 0 heterocycles. The Kier molecular flexibility index (Phi) is 4.10. The Morgan fingerprint density at radius 3 is 2.17 bits per heavy atom. The zero-order valence-electron chi connectivity index (χ0n) is 10.2. The maximum atomic E-state index is 12.6. The molecule has 100 valence electrons. The first kappa shape index (κ1) is 15.0. The zero-order chi connectivity index (χ0) is 14.1. The van der Waals surface area contributed by atoms with Gasteiger partial charge in [-0.05, 0) is 18.2 Å². The van der Waals surface area contributed by atoms with E-state index < -0.39 is 17.2 Å². The number of carbonyl (C=O) groups excluding carboxylic acids is 1. The molecule has 0 aliphatic carbocycles. The molecule has 1 rings (SSSR count). The van der Waals surface area contributed by atoms with Crippen LogP contribution in [0.3, 0.4) is 0 Å². The minimum Gasteiger partial charge on any atom is -0.326 e. The average molecular weight is 324 g/mol. The number of amides is 1. The van der Waals surface area contributed by atoms with Gasteiger partial charge in [-0.2, -0.15) is 13.2 Å². The molecule has 0 spiro atoms. The molecule has 1 aromatic carbocycles. The van der Waals surface area contributed by atoms with Crippen LogP contribution in [0.4, 0.5) is 18.9 Å². The predicted molar refractivity (Wildman–Crippen MR) is 67.2 cm³/mol. The number of rotatable bonds is 1. The fraction of sp³-hybridized carbons (Fsp3) is 0.417. The van der Waals surface area contributed by atoms with Crippen LogP contribution < -0.4 is 5.32 Å². The summed E-state index contributed by atoms with van der Waals surface area (Å²) >= 11 is 2.99. The third-order valence-electron chi connectivity index (χ3n) is 2.16. The van der Waals surface area contributed by atoms with Crippen molar-refractivity contribution in [2.45, 2.75) is 26.9 Å². The van der Waals surface area contributed by atoms with Crippen LogP contribution in [0.5, 0.6) is 0 Å². The summed E-state index contributed by atoms with van der Waals surface area (Å²) in [6, 6.07) is 3.31. The fourth-order valence-corrected chi connectivity index (χ4v) is 1.64. The van der Waals surface area contributed by atoms with E-state index in [1.807, 2.05) is 0 Å². The molecule has 2 nitrogen and oxygen atoms in total. The van der Waals surface area contributed by atoms with Gasteiger partial charge in [-0.25, -0.2) is 0 Å². The molecule has 0 radical (unpaired) electrons. The molecule has 0 saturated carbocycles. The van der Waals surface area contributed by atoms with Crippen molar-refractivity contribution in [2.75, 3.05) is 5.32 Å². The number of nitrogens with one attached hydrogen (secondary N) is 1. The fourth-order valence-electron chi connectivity index (χ4n) is 1.14. The summed E-state index contributed by atoms with van der Waals surface area (Å²) in [4.78, 5) is 11.7. The van der Waals surface area contributed by atoms with E-state index >= 15 is 0 Å². The maximum Gasteiger partial charge on any atom is 0.416 e. The molecule has 0 fully saturated rings. The largest absolute Gasteiger partial charge is 0.416 e. The molecule has 1 N–H and O–H groups in total. The molecule has 0 aromatic heterocycles. The number of halogens is 4. The van der Waals surface area contributed by atoms with E-state index in [2.05, 4.69) is 21.2 Å². The summed E-state index contributed by atoms with van der Waals surface area (Å²) in [5.74, 6) is -0.339. The van der Waals surface area contributed by atoms with Crippen LogP contribution in [0.1, 0.15) is 26.3 Å². The van der Waals surface area contributed by atoms with Crippen LogP contribution in [0.2, 0.25) is 0 Å². The van der Waals surface area contributed by atoms with E-state index in [0.717, 1.165) is 12.1 Å². The lowest BCUT2D eigenvalue weighted by molar-refractivity contribution is -0.137. The van der Waals surface area contributed by atoms with Crippen LogP contribution in [-0.2, 0) is 11.0 Å². The molecule has 0 bridgehead atoms. The first-order valence-electron chi connectivity index (χ1n) is 5.19. The van der Waals surface area contributed by atoms with Crippen molar-refractivity contribution in [2.24, 2.45) is 5.41 Å². The van der Waals surface area contributed by atoms with Crippen molar-refractivity contribution in [3.8, 4) is 0 Å². The summed E-state index contributed by atoms with van der Waals surface area (Å²) < 4.78 is 38.0. The van der Waals surface area contributed by atoms with E-state index in [0.29, 0.717) is 0 Å². The van der Waals surface area contributed by atoms with Gasteiger partial charge in [-0.15, -0.1) is 0 Å². The topological polar surface area (TPSA) is 29.1 Å². The van der Waals surface area contributed by atoms with Crippen LogP contribution in [0, 0.1) is 5.41 Å². The van der Waals surface area contributed by atoms with Gasteiger partial charge in [0.05, 0.1) is 5.56 Å². The molecule has 18 heavy (non-hydrogen) atoms. The standard InChI is InChI=1S/C12H13BrF3NO/c1-11(2,3)10(18)17-9-5-7(12(14,15)16)4-8(13)6-9/h4-6H,1-3H3,(H,17,18). The van der Waals surface area contributed by atoms with E-state index in [-0.39, 0.29) is 16.1 Å². The Balaban J connectivity index is 3.05. The lowest BCUT2D eigenvalue weighted by atomic mass is 9.95. The first-order valence-corrected chi connectivity index (χ1v) is 5.99. The van der Waals surface area contributed by atoms with Gasteiger partial charge in [-0.3, -0.25) is 4.79 Å². The summed E-state index contributed by atoms with van der Waals surface area (Å²) in [5.41, 5.74) is -1.35. The van der Waals surface area contributed by atoms with Crippen molar-refractivity contribution >= 4 is 27.5 Å². The van der Waals surface area contributed by atoms with Gasteiger partial charge < -0.3 is 5.32 Å². The van der Waals surface area contributed by atoms with E-state index in [1.165, 1.54) is 6.07 Å². The van der Waals surface area contributed by atoms with Crippen LogP contribution in [0.15, 0.2) is 22.7 Å². The molecule has 6 heteroatoms. The van der Waals surface area contributed by atoms with E-state index in [1.54, 1.807) is 20.8 Å². The highest BCUT2D eigenvalue weighted by atomic mass is 79.9. The number of benzene rings is 1. The summed E-state index contributed by atoms with van der Waals surface area (Å²) in [6.45, 7) is 5.06. The molecule has 1 amide bonds. The van der Waals surface area contributed by atoms with E-state index in [9.17, 15) is 18.0 Å². The van der Waals surface area contributed by atoms with Gasteiger partial charge in [0, 0.05) is 15.6 Å². The molecule has 0 atom stereocenters. The Morgan fingerprint density at radius 2 is 1.72 bits per heavy atom. The normalized spacial score (nSPS) is 12.4. The number of anilines is 1. The third kappa shape index (κ3) is 4.01. The second kappa shape index (κ2) is 4.91. The second-order valence-corrected chi connectivity index (χ2v) is 5.85. The van der Waals surface area contributed by atoms with Crippen molar-refractivity contribution in [3.05, 3.63) is 28.2 Å². The monoisotopic (exact) mass is 323 g/mol. The minimum absolute atomic E-state index is 0.122. The lowest BCUT2D eigenvalue weighted by Gasteiger charge is -2.18. The molecule has 1 aromatic rings. The smallest absolute Gasteiger partial charge is 0.326 e. The van der Waals surface area contributed by atoms with Gasteiger partial charge in [0.1, 0.15) is 0 Å². The Morgan fingerprint density at radius 1 is 1.17 bits per heavy atom. The molecule has 0 aliphatic rings. The summed E-state index contributed by atoms with van der Waals surface area (Å²) in [7, 11) is 0. The number of hydrogen-bond donors (Lipinski definition) is 1. The minimum atomic E-state index is -4.44. The predicted octanol–water partition coefficient (Wildman–Crippen LogP) is 4.45. The van der Waals surface area contributed by atoms with Crippen LogP contribution >= 0.6 is 15.9 Å². The molecule has 0 saturated heterocycles. The van der Waals surface area contributed by atoms with Gasteiger partial charge >= 0.3 is 6.18 Å². The quantitative estimate of drug-likeness (QED) is 0.812. The third-order valence-corrected chi connectivity index (χ3v) is 2.62. The van der Waals surface area contributed by atoms with Crippen molar-refractivity contribution in [1.29, 1.82) is 0 Å². The van der Waals surface area contributed by atoms with E-state index in [4.69, 9.17) is 0 Å². The SMILES string of the molecule is CC(C)(C)C(=O)Nc1cc(Br)cc(C(F)(F)F)c1. The number of hydrogen-bond acceptors (Lipinski definition) is 1. The number of carbonyl (C=O) groups is 1. The highest BCUT2D eigenvalue weighted by Gasteiger charge is 2.31.